The number of nitro benzene ring substituents is 1. The SMILES string of the molecule is CCOc1cc(/C=N/NC(=O)c2ccccc2Cl)ccc1Oc1ccc(C(F)(F)F)cc1[N+](=O)[O-]. The van der Waals surface area contributed by atoms with Gasteiger partial charge >= 0.3 is 11.9 Å². The van der Waals surface area contributed by atoms with Gasteiger partial charge in [0, 0.05) is 6.07 Å². The largest absolute Gasteiger partial charge is 0.490 e. The standard InChI is InChI=1S/C23H17ClF3N3O5/c1-2-34-21-11-14(13-28-29-22(31)16-5-3-4-6-17(16)24)7-9-20(21)35-19-10-8-15(23(25,26)27)12-18(19)30(32)33/h3-13H,2H2,1H3,(H,29,31)/b28-13+. The summed E-state index contributed by atoms with van der Waals surface area (Å²) in [4.78, 5) is 22.5. The van der Waals surface area contributed by atoms with Gasteiger partial charge in [-0.3, -0.25) is 14.9 Å². The number of benzene rings is 3. The molecule has 0 aromatic heterocycles. The van der Waals surface area contributed by atoms with Gasteiger partial charge in [-0.15, -0.1) is 0 Å². The van der Waals surface area contributed by atoms with Crippen molar-refractivity contribution in [1.82, 2.24) is 5.43 Å². The van der Waals surface area contributed by atoms with Gasteiger partial charge in [-0.2, -0.15) is 18.3 Å². The minimum Gasteiger partial charge on any atom is -0.490 e. The Morgan fingerprint density at radius 2 is 1.83 bits per heavy atom. The van der Waals surface area contributed by atoms with Crippen molar-refractivity contribution in [2.45, 2.75) is 13.1 Å². The summed E-state index contributed by atoms with van der Waals surface area (Å²) in [5.74, 6) is -0.723. The Labute approximate surface area is 202 Å². The van der Waals surface area contributed by atoms with Crippen molar-refractivity contribution in [3.05, 3.63) is 92.5 Å². The third kappa shape index (κ3) is 6.48. The summed E-state index contributed by atoms with van der Waals surface area (Å²) < 4.78 is 49.8. The summed E-state index contributed by atoms with van der Waals surface area (Å²) >= 11 is 5.98. The normalized spacial score (nSPS) is 11.3. The molecule has 8 nitrogen and oxygen atoms in total. The quantitative estimate of drug-likeness (QED) is 0.221. The predicted octanol–water partition coefficient (Wildman–Crippen LogP) is 6.22. The lowest BCUT2D eigenvalue weighted by Crippen LogP contribution is -2.17. The highest BCUT2D eigenvalue weighted by Crippen LogP contribution is 2.40. The predicted molar refractivity (Wildman–Crippen MR) is 122 cm³/mol. The zero-order valence-electron chi connectivity index (χ0n) is 18.0. The fraction of sp³-hybridized carbons (Fsp3) is 0.130. The van der Waals surface area contributed by atoms with Crippen molar-refractivity contribution in [2.75, 3.05) is 6.61 Å². The fourth-order valence-electron chi connectivity index (χ4n) is 2.87. The van der Waals surface area contributed by atoms with Crippen molar-refractivity contribution in [1.29, 1.82) is 0 Å². The number of carbonyl (C=O) groups is 1. The lowest BCUT2D eigenvalue weighted by Gasteiger charge is -2.13. The summed E-state index contributed by atoms with van der Waals surface area (Å²) in [7, 11) is 0. The number of hydrogen-bond donors (Lipinski definition) is 1. The molecule has 3 rings (SSSR count). The smallest absolute Gasteiger partial charge is 0.416 e. The van der Waals surface area contributed by atoms with Crippen molar-refractivity contribution < 1.29 is 32.4 Å². The maximum absolute atomic E-state index is 12.9. The number of nitrogens with zero attached hydrogens (tertiary/aromatic N) is 2. The molecule has 0 saturated carbocycles. The molecule has 0 aliphatic carbocycles. The molecule has 0 spiro atoms. The van der Waals surface area contributed by atoms with Crippen molar-refractivity contribution in [2.24, 2.45) is 5.10 Å². The molecule has 1 N–H and O–H groups in total. The number of nitro groups is 1. The second-order valence-electron chi connectivity index (χ2n) is 6.86. The number of nitrogens with one attached hydrogen (secondary N) is 1. The Bertz CT molecular complexity index is 1280. The van der Waals surface area contributed by atoms with E-state index in [0.29, 0.717) is 17.7 Å². The van der Waals surface area contributed by atoms with E-state index < -0.39 is 34.0 Å². The average Bonchev–Trinajstić information content (AvgIpc) is 2.80. The summed E-state index contributed by atoms with van der Waals surface area (Å²) in [6, 6.07) is 12.8. The molecule has 0 bridgehead atoms. The monoisotopic (exact) mass is 507 g/mol. The highest BCUT2D eigenvalue weighted by Gasteiger charge is 2.33. The second-order valence-corrected chi connectivity index (χ2v) is 7.26. The second kappa shape index (κ2) is 10.9. The van der Waals surface area contributed by atoms with Gasteiger partial charge in [-0.05, 0) is 55.0 Å². The first-order chi connectivity index (χ1) is 16.6. The molecular formula is C23H17ClF3N3O5. The van der Waals surface area contributed by atoms with E-state index in [1.807, 2.05) is 0 Å². The Hall–Kier alpha value is -4.12. The first kappa shape index (κ1) is 25.5. The van der Waals surface area contributed by atoms with Crippen molar-refractivity contribution in [3.8, 4) is 17.2 Å². The molecule has 3 aromatic carbocycles. The summed E-state index contributed by atoms with van der Waals surface area (Å²) in [5, 5.41) is 15.4. The van der Waals surface area contributed by atoms with Gasteiger partial charge < -0.3 is 9.47 Å². The minimum absolute atomic E-state index is 0.0342. The van der Waals surface area contributed by atoms with Crippen LogP contribution >= 0.6 is 11.6 Å². The minimum atomic E-state index is -4.75. The lowest BCUT2D eigenvalue weighted by atomic mass is 10.1. The number of rotatable bonds is 8. The van der Waals surface area contributed by atoms with E-state index in [9.17, 15) is 28.1 Å². The molecule has 0 atom stereocenters. The Morgan fingerprint density at radius 3 is 2.49 bits per heavy atom. The molecule has 1 amide bonds. The molecule has 0 aliphatic heterocycles. The molecule has 35 heavy (non-hydrogen) atoms. The first-order valence-corrected chi connectivity index (χ1v) is 10.4. The zero-order valence-corrected chi connectivity index (χ0v) is 18.8. The van der Waals surface area contributed by atoms with Crippen LogP contribution in [0.4, 0.5) is 18.9 Å². The van der Waals surface area contributed by atoms with Gasteiger partial charge in [0.25, 0.3) is 5.91 Å². The van der Waals surface area contributed by atoms with E-state index in [2.05, 4.69) is 10.5 Å². The first-order valence-electron chi connectivity index (χ1n) is 9.98. The number of hydrogen-bond acceptors (Lipinski definition) is 6. The molecule has 182 valence electrons. The van der Waals surface area contributed by atoms with Gasteiger partial charge in [-0.25, -0.2) is 5.43 Å². The van der Waals surface area contributed by atoms with E-state index in [1.165, 1.54) is 30.5 Å². The van der Waals surface area contributed by atoms with E-state index in [-0.39, 0.29) is 28.7 Å². The summed E-state index contributed by atoms with van der Waals surface area (Å²) in [6.07, 6.45) is -3.43. The average molecular weight is 508 g/mol. The Kier molecular flexibility index (Phi) is 7.92. The topological polar surface area (TPSA) is 103 Å². The van der Waals surface area contributed by atoms with Crippen LogP contribution in [0.5, 0.6) is 17.2 Å². The molecule has 0 heterocycles. The molecule has 3 aromatic rings. The van der Waals surface area contributed by atoms with Crippen LogP contribution in [0.3, 0.4) is 0 Å². The van der Waals surface area contributed by atoms with Crippen LogP contribution < -0.4 is 14.9 Å². The number of carbonyl (C=O) groups excluding carboxylic acids is 1. The third-order valence-corrected chi connectivity index (χ3v) is 4.80. The molecule has 0 saturated heterocycles. The number of halogens is 4. The number of hydrazone groups is 1. The molecule has 0 aliphatic rings. The number of alkyl halides is 3. The van der Waals surface area contributed by atoms with E-state index in [0.717, 1.165) is 6.07 Å². The highest BCUT2D eigenvalue weighted by atomic mass is 35.5. The third-order valence-electron chi connectivity index (χ3n) is 4.47. The van der Waals surface area contributed by atoms with Crippen LogP contribution in [0.1, 0.15) is 28.4 Å². The maximum Gasteiger partial charge on any atom is 0.416 e. The van der Waals surface area contributed by atoms with Crippen molar-refractivity contribution in [3.63, 3.8) is 0 Å². The molecular weight excluding hydrogens is 491 g/mol. The molecule has 0 fully saturated rings. The summed E-state index contributed by atoms with van der Waals surface area (Å²) in [6.45, 7) is 1.89. The Morgan fingerprint density at radius 1 is 1.11 bits per heavy atom. The van der Waals surface area contributed by atoms with E-state index >= 15 is 0 Å². The number of amides is 1. The van der Waals surface area contributed by atoms with Crippen LogP contribution in [-0.4, -0.2) is 23.7 Å². The molecule has 0 radical (unpaired) electrons. The highest BCUT2D eigenvalue weighted by molar-refractivity contribution is 6.33. The van der Waals surface area contributed by atoms with E-state index in [4.69, 9.17) is 21.1 Å². The van der Waals surface area contributed by atoms with Gasteiger partial charge in [0.15, 0.2) is 11.5 Å². The van der Waals surface area contributed by atoms with Crippen LogP contribution in [0, 0.1) is 10.1 Å². The fourth-order valence-corrected chi connectivity index (χ4v) is 3.09. The van der Waals surface area contributed by atoms with E-state index in [1.54, 1.807) is 25.1 Å². The van der Waals surface area contributed by atoms with Crippen LogP contribution in [-0.2, 0) is 6.18 Å². The summed E-state index contributed by atoms with van der Waals surface area (Å²) in [5.41, 5.74) is 1.03. The lowest BCUT2D eigenvalue weighted by molar-refractivity contribution is -0.385. The van der Waals surface area contributed by atoms with Gasteiger partial charge in [0.05, 0.1) is 33.9 Å². The van der Waals surface area contributed by atoms with Gasteiger partial charge in [-0.1, -0.05) is 23.7 Å². The van der Waals surface area contributed by atoms with Crippen LogP contribution in [0.25, 0.3) is 0 Å². The van der Waals surface area contributed by atoms with Crippen LogP contribution in [0.15, 0.2) is 65.8 Å². The Balaban J connectivity index is 1.82. The number of ether oxygens (including phenoxy) is 2. The van der Waals surface area contributed by atoms with Gasteiger partial charge in [0.2, 0.25) is 5.75 Å². The zero-order chi connectivity index (χ0) is 25.6. The van der Waals surface area contributed by atoms with Crippen molar-refractivity contribution >= 4 is 29.4 Å². The van der Waals surface area contributed by atoms with Gasteiger partial charge in [0.1, 0.15) is 0 Å². The molecule has 12 heteroatoms. The maximum atomic E-state index is 12.9. The van der Waals surface area contributed by atoms with Crippen LogP contribution in [0.2, 0.25) is 5.02 Å². The molecule has 0 unspecified atom stereocenters.